The Morgan fingerprint density at radius 2 is 1.88 bits per heavy atom. The lowest BCUT2D eigenvalue weighted by Gasteiger charge is -2.29. The van der Waals surface area contributed by atoms with E-state index in [2.05, 4.69) is 20.2 Å². The molecule has 1 aliphatic rings. The number of rotatable bonds is 6. The van der Waals surface area contributed by atoms with E-state index in [0.29, 0.717) is 11.7 Å². The highest BCUT2D eigenvalue weighted by Gasteiger charge is 2.41. The van der Waals surface area contributed by atoms with Crippen LogP contribution in [0.25, 0.3) is 5.69 Å². The lowest BCUT2D eigenvalue weighted by Crippen LogP contribution is -2.30. The van der Waals surface area contributed by atoms with E-state index in [9.17, 15) is 9.90 Å². The molecule has 8 heteroatoms. The minimum atomic E-state index is -0.958. The zero-order valence-corrected chi connectivity index (χ0v) is 18.4. The second-order valence-corrected chi connectivity index (χ2v) is 8.16. The normalized spacial score (nSPS) is 17.7. The fourth-order valence-electron chi connectivity index (χ4n) is 4.24. The Bertz CT molecular complexity index is 1290. The van der Waals surface area contributed by atoms with E-state index in [1.54, 1.807) is 36.8 Å². The van der Waals surface area contributed by atoms with Gasteiger partial charge in [-0.25, -0.2) is 4.79 Å². The molecule has 4 heterocycles. The maximum absolute atomic E-state index is 11.5. The van der Waals surface area contributed by atoms with Crippen LogP contribution in [-0.2, 0) is 6.54 Å². The highest BCUT2D eigenvalue weighted by atomic mass is 32.1. The Labute approximate surface area is 196 Å². The largest absolute Gasteiger partial charge is 0.478 e. The highest BCUT2D eigenvalue weighted by Crippen LogP contribution is 2.40. The van der Waals surface area contributed by atoms with Crippen molar-refractivity contribution in [2.24, 2.45) is 0 Å². The zero-order chi connectivity index (χ0) is 22.8. The number of benzene rings is 1. The first-order valence-corrected chi connectivity index (χ1v) is 10.9. The Morgan fingerprint density at radius 1 is 1.03 bits per heavy atom. The average Bonchev–Trinajstić information content (AvgIpc) is 3.45. The van der Waals surface area contributed by atoms with Crippen LogP contribution < -0.4 is 5.32 Å². The van der Waals surface area contributed by atoms with Gasteiger partial charge in [0.1, 0.15) is 0 Å². The molecule has 0 spiro atoms. The molecule has 0 unspecified atom stereocenters. The number of pyridine rings is 2. The molecule has 0 bridgehead atoms. The molecule has 1 fully saturated rings. The van der Waals surface area contributed by atoms with Crippen molar-refractivity contribution in [3.63, 3.8) is 0 Å². The summed E-state index contributed by atoms with van der Waals surface area (Å²) in [4.78, 5) is 22.4. The predicted octanol–water partition coefficient (Wildman–Crippen LogP) is 4.14. The molecule has 1 saturated heterocycles. The van der Waals surface area contributed by atoms with Crippen LogP contribution in [0.5, 0.6) is 0 Å². The Hall–Kier alpha value is -4.04. The van der Waals surface area contributed by atoms with Crippen molar-refractivity contribution >= 4 is 23.3 Å². The number of nitrogens with zero attached hydrogens (tertiary/aromatic N) is 4. The van der Waals surface area contributed by atoms with Crippen LogP contribution in [0, 0.1) is 0 Å². The number of thiocarbonyl (C=S) groups is 1. The predicted molar refractivity (Wildman–Crippen MR) is 128 cm³/mol. The van der Waals surface area contributed by atoms with E-state index in [1.807, 2.05) is 59.3 Å². The SMILES string of the molecule is O=C(O)c1cccc(-n2cccc2[C@H]2[C@H](c3ccccn3)NC(=S)N2Cc2ccncc2)c1. The maximum Gasteiger partial charge on any atom is 0.335 e. The molecule has 1 aromatic carbocycles. The van der Waals surface area contributed by atoms with Crippen LogP contribution in [0.1, 0.15) is 39.4 Å². The van der Waals surface area contributed by atoms with E-state index < -0.39 is 5.97 Å². The monoisotopic (exact) mass is 455 g/mol. The molecule has 164 valence electrons. The third-order valence-corrected chi connectivity index (χ3v) is 6.11. The van der Waals surface area contributed by atoms with Crippen molar-refractivity contribution in [2.45, 2.75) is 18.6 Å². The standard InChI is InChI=1S/C25H21N5O2S/c31-24(32)18-5-3-6-19(15-18)29-14-4-8-21(29)23-22(20-7-1-2-11-27-20)28-25(33)30(23)16-17-9-12-26-13-10-17/h1-15,22-23H,16H2,(H,28,33)(H,31,32)/t22-,23-/m0/s1. The smallest absolute Gasteiger partial charge is 0.335 e. The molecule has 3 aromatic heterocycles. The topological polar surface area (TPSA) is 83.3 Å². The van der Waals surface area contributed by atoms with Crippen LogP contribution in [0.2, 0.25) is 0 Å². The van der Waals surface area contributed by atoms with E-state index in [4.69, 9.17) is 12.2 Å². The first-order valence-electron chi connectivity index (χ1n) is 10.5. The van der Waals surface area contributed by atoms with Gasteiger partial charge in [-0.05, 0) is 72.4 Å². The van der Waals surface area contributed by atoms with Crippen molar-refractivity contribution in [1.29, 1.82) is 0 Å². The summed E-state index contributed by atoms with van der Waals surface area (Å²) in [7, 11) is 0. The molecule has 0 saturated carbocycles. The summed E-state index contributed by atoms with van der Waals surface area (Å²) in [6.45, 7) is 0.600. The molecule has 0 amide bonds. The molecule has 0 aliphatic carbocycles. The molecular formula is C25H21N5O2S. The highest BCUT2D eigenvalue weighted by molar-refractivity contribution is 7.80. The fraction of sp³-hybridized carbons (Fsp3) is 0.120. The second-order valence-electron chi connectivity index (χ2n) is 7.77. The van der Waals surface area contributed by atoms with E-state index >= 15 is 0 Å². The van der Waals surface area contributed by atoms with Crippen molar-refractivity contribution in [2.75, 3.05) is 0 Å². The summed E-state index contributed by atoms with van der Waals surface area (Å²) in [6, 6.07) is 20.4. The number of nitrogens with one attached hydrogen (secondary N) is 1. The number of hydrogen-bond donors (Lipinski definition) is 2. The average molecular weight is 456 g/mol. The lowest BCUT2D eigenvalue weighted by atomic mass is 10.0. The number of hydrogen-bond acceptors (Lipinski definition) is 4. The van der Waals surface area contributed by atoms with E-state index in [1.165, 1.54) is 0 Å². The van der Waals surface area contributed by atoms with Crippen molar-refractivity contribution < 1.29 is 9.90 Å². The van der Waals surface area contributed by atoms with Crippen molar-refractivity contribution in [3.8, 4) is 5.69 Å². The van der Waals surface area contributed by atoms with Gasteiger partial charge in [0.25, 0.3) is 0 Å². The summed E-state index contributed by atoms with van der Waals surface area (Å²) in [6.07, 6.45) is 7.26. The quantitative estimate of drug-likeness (QED) is 0.423. The van der Waals surface area contributed by atoms with Gasteiger partial charge in [-0.2, -0.15) is 0 Å². The Balaban J connectivity index is 1.61. The number of carboxylic acids is 1. The van der Waals surface area contributed by atoms with Gasteiger partial charge in [0.2, 0.25) is 0 Å². The number of aromatic nitrogens is 3. The fourth-order valence-corrected chi connectivity index (χ4v) is 4.55. The van der Waals surface area contributed by atoms with Crippen LogP contribution in [-0.4, -0.2) is 35.6 Å². The first-order chi connectivity index (χ1) is 16.1. The van der Waals surface area contributed by atoms with Crippen molar-refractivity contribution in [1.82, 2.24) is 24.8 Å². The van der Waals surface area contributed by atoms with Crippen LogP contribution in [0.15, 0.2) is 91.5 Å². The van der Waals surface area contributed by atoms with Crippen LogP contribution >= 0.6 is 12.2 Å². The third-order valence-electron chi connectivity index (χ3n) is 5.75. The van der Waals surface area contributed by atoms with Gasteiger partial charge < -0.3 is 19.9 Å². The lowest BCUT2D eigenvalue weighted by molar-refractivity contribution is 0.0697. The molecular weight excluding hydrogens is 434 g/mol. The van der Waals surface area contributed by atoms with Gasteiger partial charge in [-0.3, -0.25) is 9.97 Å². The molecule has 33 heavy (non-hydrogen) atoms. The molecule has 4 aromatic rings. The maximum atomic E-state index is 11.5. The summed E-state index contributed by atoms with van der Waals surface area (Å²) >= 11 is 5.77. The molecule has 2 atom stereocenters. The van der Waals surface area contributed by atoms with Gasteiger partial charge in [0.05, 0.1) is 23.3 Å². The summed E-state index contributed by atoms with van der Waals surface area (Å²) in [5.41, 5.74) is 3.97. The van der Waals surface area contributed by atoms with Gasteiger partial charge >= 0.3 is 5.97 Å². The molecule has 2 N–H and O–H groups in total. The van der Waals surface area contributed by atoms with E-state index in [-0.39, 0.29) is 17.6 Å². The molecule has 0 radical (unpaired) electrons. The van der Waals surface area contributed by atoms with Crippen molar-refractivity contribution in [3.05, 3.63) is 114 Å². The molecule has 7 nitrogen and oxygen atoms in total. The van der Waals surface area contributed by atoms with E-state index in [0.717, 1.165) is 22.6 Å². The number of aromatic carboxylic acids is 1. The third kappa shape index (κ3) is 4.08. The van der Waals surface area contributed by atoms with Gasteiger partial charge in [-0.15, -0.1) is 0 Å². The van der Waals surface area contributed by atoms with Crippen LogP contribution in [0.4, 0.5) is 0 Å². The summed E-state index contributed by atoms with van der Waals surface area (Å²) in [5.74, 6) is -0.958. The Kier molecular flexibility index (Phi) is 5.58. The van der Waals surface area contributed by atoms with Gasteiger partial charge in [-0.1, -0.05) is 12.1 Å². The molecule has 5 rings (SSSR count). The molecule has 1 aliphatic heterocycles. The van der Waals surface area contributed by atoms with Gasteiger partial charge in [0.15, 0.2) is 5.11 Å². The van der Waals surface area contributed by atoms with Crippen LogP contribution in [0.3, 0.4) is 0 Å². The Morgan fingerprint density at radius 3 is 2.64 bits per heavy atom. The number of carbonyl (C=O) groups is 1. The summed E-state index contributed by atoms with van der Waals surface area (Å²) < 4.78 is 2.02. The summed E-state index contributed by atoms with van der Waals surface area (Å²) in [5, 5.41) is 13.6. The number of carboxylic acid groups (broad SMARTS) is 1. The van der Waals surface area contributed by atoms with Gasteiger partial charge in [0, 0.05) is 42.7 Å². The second kappa shape index (κ2) is 8.84. The first kappa shape index (κ1) is 20.8. The minimum Gasteiger partial charge on any atom is -0.478 e. The zero-order valence-electron chi connectivity index (χ0n) is 17.6. The minimum absolute atomic E-state index is 0.163.